The second kappa shape index (κ2) is 8.05. The summed E-state index contributed by atoms with van der Waals surface area (Å²) in [5.41, 5.74) is 0.798. The molecule has 3 aromatic rings. The Hall–Kier alpha value is -3.56. The molecule has 1 saturated heterocycles. The molecule has 10 heteroatoms. The number of fused-ring (bicyclic) bond motifs is 1. The summed E-state index contributed by atoms with van der Waals surface area (Å²) in [6.07, 6.45) is -0.0448. The van der Waals surface area contributed by atoms with Crippen molar-refractivity contribution >= 4 is 22.5 Å². The molecule has 8 nitrogen and oxygen atoms in total. The van der Waals surface area contributed by atoms with E-state index in [4.69, 9.17) is 0 Å². The average Bonchev–Trinajstić information content (AvgIpc) is 2.75. The number of nitrogens with one attached hydrogen (secondary N) is 1. The maximum Gasteiger partial charge on any atom is 0.261 e. The van der Waals surface area contributed by atoms with Crippen molar-refractivity contribution in [3.8, 4) is 0 Å². The molecule has 0 saturated carbocycles. The van der Waals surface area contributed by atoms with Gasteiger partial charge >= 0.3 is 0 Å². The molecule has 1 aliphatic rings. The highest BCUT2D eigenvalue weighted by atomic mass is 19.3. The second-order valence-corrected chi connectivity index (χ2v) is 7.02. The van der Waals surface area contributed by atoms with E-state index in [2.05, 4.69) is 14.9 Å². The molecule has 1 N–H and O–H groups in total. The quantitative estimate of drug-likeness (QED) is 0.694. The fourth-order valence-electron chi connectivity index (χ4n) is 3.55. The Balaban J connectivity index is 1.48. The van der Waals surface area contributed by atoms with Crippen molar-refractivity contribution in [1.82, 2.24) is 19.4 Å². The molecule has 156 valence electrons. The number of anilines is 1. The van der Waals surface area contributed by atoms with Crippen LogP contribution in [-0.2, 0) is 6.54 Å². The Morgan fingerprint density at radius 3 is 2.57 bits per heavy atom. The van der Waals surface area contributed by atoms with Crippen LogP contribution in [0, 0.1) is 0 Å². The number of aromatic amines is 1. The summed E-state index contributed by atoms with van der Waals surface area (Å²) >= 11 is 0. The van der Waals surface area contributed by atoms with Gasteiger partial charge in [-0.25, -0.2) is 13.8 Å². The van der Waals surface area contributed by atoms with Gasteiger partial charge in [-0.15, -0.1) is 0 Å². The van der Waals surface area contributed by atoms with Gasteiger partial charge in [-0.3, -0.25) is 19.0 Å². The van der Waals surface area contributed by atoms with E-state index in [9.17, 15) is 23.2 Å². The summed E-state index contributed by atoms with van der Waals surface area (Å²) in [6.45, 7) is 1.42. The summed E-state index contributed by atoms with van der Waals surface area (Å²) in [5, 5.41) is 0.282. The Morgan fingerprint density at radius 2 is 1.87 bits per heavy atom. The minimum absolute atomic E-state index is 0.194. The zero-order valence-corrected chi connectivity index (χ0v) is 15.9. The zero-order valence-electron chi connectivity index (χ0n) is 15.9. The molecular weight excluding hydrogens is 396 g/mol. The Morgan fingerprint density at radius 1 is 1.10 bits per heavy atom. The average molecular weight is 415 g/mol. The summed E-state index contributed by atoms with van der Waals surface area (Å²) < 4.78 is 26.1. The molecule has 1 amide bonds. The number of hydrogen-bond donors (Lipinski definition) is 1. The van der Waals surface area contributed by atoms with Crippen molar-refractivity contribution in [3.63, 3.8) is 0 Å². The van der Waals surface area contributed by atoms with E-state index in [0.29, 0.717) is 37.3 Å². The molecule has 1 aliphatic heterocycles. The number of benzene rings is 1. The highest BCUT2D eigenvalue weighted by Gasteiger charge is 2.23. The van der Waals surface area contributed by atoms with Gasteiger partial charge in [0.25, 0.3) is 17.9 Å². The molecule has 1 fully saturated rings. The molecule has 3 heterocycles. The summed E-state index contributed by atoms with van der Waals surface area (Å²) in [4.78, 5) is 46.7. The van der Waals surface area contributed by atoms with Crippen LogP contribution in [0.5, 0.6) is 0 Å². The zero-order chi connectivity index (χ0) is 21.3. The molecule has 1 aromatic carbocycles. The van der Waals surface area contributed by atoms with Crippen LogP contribution in [0.1, 0.15) is 10.4 Å². The first-order chi connectivity index (χ1) is 14.4. The fraction of sp³-hybridized carbons (Fsp3) is 0.300. The first-order valence-electron chi connectivity index (χ1n) is 9.43. The molecular formula is C20H19F2N5O3. The van der Waals surface area contributed by atoms with Gasteiger partial charge in [0.05, 0.1) is 23.8 Å². The lowest BCUT2D eigenvalue weighted by molar-refractivity contribution is 0.0746. The lowest BCUT2D eigenvalue weighted by Crippen LogP contribution is -2.49. The highest BCUT2D eigenvalue weighted by molar-refractivity contribution is 5.94. The maximum atomic E-state index is 12.6. The number of piperazine rings is 1. The number of amides is 1. The smallest absolute Gasteiger partial charge is 0.261 e. The molecule has 0 bridgehead atoms. The molecule has 0 spiro atoms. The van der Waals surface area contributed by atoms with Crippen LogP contribution in [0.3, 0.4) is 0 Å². The molecule has 0 aliphatic carbocycles. The van der Waals surface area contributed by atoms with Crippen LogP contribution in [0.15, 0.2) is 52.4 Å². The van der Waals surface area contributed by atoms with Gasteiger partial charge in [0.15, 0.2) is 0 Å². The summed E-state index contributed by atoms with van der Waals surface area (Å²) in [5.74, 6) is -0.194. The summed E-state index contributed by atoms with van der Waals surface area (Å²) in [6, 6.07) is 7.95. The van der Waals surface area contributed by atoms with Crippen LogP contribution in [-0.4, -0.2) is 57.9 Å². The maximum absolute atomic E-state index is 12.6. The number of nitrogens with zero attached hydrogens (tertiary/aromatic N) is 4. The monoisotopic (exact) mass is 415 g/mol. The highest BCUT2D eigenvalue weighted by Crippen LogP contribution is 2.21. The van der Waals surface area contributed by atoms with Crippen molar-refractivity contribution < 1.29 is 13.6 Å². The Kier molecular flexibility index (Phi) is 5.30. The number of carbonyl (C=O) groups is 1. The van der Waals surface area contributed by atoms with Crippen molar-refractivity contribution in [2.24, 2.45) is 0 Å². The number of carbonyl (C=O) groups excluding carboxylic acids is 1. The van der Waals surface area contributed by atoms with Crippen molar-refractivity contribution in [3.05, 3.63) is 69.1 Å². The first-order valence-corrected chi connectivity index (χ1v) is 9.43. The van der Waals surface area contributed by atoms with Crippen LogP contribution in [0.25, 0.3) is 10.9 Å². The minimum atomic E-state index is -2.63. The van der Waals surface area contributed by atoms with Gasteiger partial charge in [-0.1, -0.05) is 0 Å². The van der Waals surface area contributed by atoms with E-state index in [1.165, 1.54) is 12.3 Å². The van der Waals surface area contributed by atoms with Gasteiger partial charge in [0.2, 0.25) is 5.56 Å². The molecule has 0 unspecified atom stereocenters. The number of pyridine rings is 1. The molecule has 4 rings (SSSR count). The van der Waals surface area contributed by atoms with E-state index in [0.717, 1.165) is 16.6 Å². The van der Waals surface area contributed by atoms with E-state index < -0.39 is 18.5 Å². The van der Waals surface area contributed by atoms with Crippen LogP contribution in [0.4, 0.5) is 14.5 Å². The van der Waals surface area contributed by atoms with E-state index in [-0.39, 0.29) is 16.9 Å². The van der Waals surface area contributed by atoms with Crippen molar-refractivity contribution in [2.45, 2.75) is 13.0 Å². The number of rotatable bonds is 4. The molecule has 2 aromatic heterocycles. The number of aromatic nitrogens is 3. The third kappa shape index (κ3) is 3.93. The lowest BCUT2D eigenvalue weighted by atomic mass is 10.1. The standard InChI is InChI=1S/C20H19F2N5O3/c21-17(22)11-27-12-24-16-10-14(1-2-15(16)20(27)30)25-5-7-26(8-6-25)19(29)13-3-4-23-18(28)9-13/h1-4,9-10,12,17H,5-8,11H2,(H,23,28). The van der Waals surface area contributed by atoms with Gasteiger partial charge in [0, 0.05) is 49.7 Å². The van der Waals surface area contributed by atoms with Gasteiger partial charge in [-0.05, 0) is 24.3 Å². The fourth-order valence-corrected chi connectivity index (χ4v) is 3.55. The topological polar surface area (TPSA) is 91.3 Å². The molecule has 0 atom stereocenters. The predicted molar refractivity (Wildman–Crippen MR) is 107 cm³/mol. The number of alkyl halides is 2. The number of halogens is 2. The SMILES string of the molecule is O=C(c1cc[nH]c(=O)c1)N1CCN(c2ccc3c(=O)n(CC(F)F)cnc3c2)CC1. The van der Waals surface area contributed by atoms with Gasteiger partial charge in [-0.2, -0.15) is 0 Å². The normalized spacial score (nSPS) is 14.5. The largest absolute Gasteiger partial charge is 0.368 e. The number of hydrogen-bond acceptors (Lipinski definition) is 5. The van der Waals surface area contributed by atoms with Gasteiger partial charge in [0.1, 0.15) is 0 Å². The number of H-pyrrole nitrogens is 1. The Bertz CT molecular complexity index is 1200. The first kappa shape index (κ1) is 19.7. The van der Waals surface area contributed by atoms with Crippen molar-refractivity contribution in [2.75, 3.05) is 31.1 Å². The van der Waals surface area contributed by atoms with E-state index >= 15 is 0 Å². The Labute approximate surface area is 169 Å². The van der Waals surface area contributed by atoms with Crippen LogP contribution in [0.2, 0.25) is 0 Å². The molecule has 30 heavy (non-hydrogen) atoms. The third-order valence-corrected chi connectivity index (χ3v) is 5.10. The minimum Gasteiger partial charge on any atom is -0.368 e. The second-order valence-electron chi connectivity index (χ2n) is 7.02. The van der Waals surface area contributed by atoms with Crippen molar-refractivity contribution in [1.29, 1.82) is 0 Å². The third-order valence-electron chi connectivity index (χ3n) is 5.10. The van der Waals surface area contributed by atoms with Gasteiger partial charge < -0.3 is 14.8 Å². The summed E-state index contributed by atoms with van der Waals surface area (Å²) in [7, 11) is 0. The van der Waals surface area contributed by atoms with Crippen LogP contribution >= 0.6 is 0 Å². The van der Waals surface area contributed by atoms with E-state index in [1.807, 2.05) is 0 Å². The predicted octanol–water partition coefficient (Wildman–Crippen LogP) is 1.31. The lowest BCUT2D eigenvalue weighted by Gasteiger charge is -2.36. The van der Waals surface area contributed by atoms with E-state index in [1.54, 1.807) is 29.2 Å². The molecule has 0 radical (unpaired) electrons. The van der Waals surface area contributed by atoms with Crippen LogP contribution < -0.4 is 16.0 Å².